The Labute approximate surface area is 366 Å². The first-order chi connectivity index (χ1) is 29.2. The molecule has 0 fully saturated rings. The van der Waals surface area contributed by atoms with Crippen molar-refractivity contribution in [1.82, 2.24) is 19.6 Å². The van der Waals surface area contributed by atoms with Gasteiger partial charge in [0.25, 0.3) is 17.0 Å². The van der Waals surface area contributed by atoms with Crippen molar-refractivity contribution in [2.75, 3.05) is 0 Å². The molecular weight excluding hydrogens is 838 g/mol. The van der Waals surface area contributed by atoms with Crippen LogP contribution in [0.15, 0.2) is 179 Å². The molecule has 8 aromatic rings. The van der Waals surface area contributed by atoms with E-state index in [4.69, 9.17) is 55.9 Å². The topological polar surface area (TPSA) is 88.2 Å². The van der Waals surface area contributed by atoms with Crippen molar-refractivity contribution >= 4 is 46.4 Å². The summed E-state index contributed by atoms with van der Waals surface area (Å²) in [6, 6.07) is 52.7. The molecule has 12 heteroatoms. The van der Waals surface area contributed by atoms with Crippen LogP contribution in [-0.2, 0) is 26.3 Å². The molecule has 0 saturated carbocycles. The van der Waals surface area contributed by atoms with Gasteiger partial charge in [-0.05, 0) is 57.6 Å². The summed E-state index contributed by atoms with van der Waals surface area (Å²) in [5, 5.41) is 10.3. The lowest BCUT2D eigenvalue weighted by Crippen LogP contribution is -2.26. The first-order valence-electron chi connectivity index (χ1n) is 18.8. The van der Waals surface area contributed by atoms with Gasteiger partial charge in [-0.25, -0.2) is 9.36 Å². The van der Waals surface area contributed by atoms with Gasteiger partial charge in [0.2, 0.25) is 5.88 Å². The Morgan fingerprint density at radius 2 is 0.767 bits per heavy atom. The summed E-state index contributed by atoms with van der Waals surface area (Å²) < 4.78 is 14.7. The molecule has 0 bridgehead atoms. The summed E-state index contributed by atoms with van der Waals surface area (Å²) in [7, 11) is 0. The lowest BCUT2D eigenvalue weighted by Gasteiger charge is -2.15. The van der Waals surface area contributed by atoms with Gasteiger partial charge >= 0.3 is 0 Å². The molecule has 0 aliphatic rings. The highest BCUT2D eigenvalue weighted by molar-refractivity contribution is 6.35. The molecular formula is C48H36Cl4N4O4. The molecule has 0 amide bonds. The third-order valence-corrected chi connectivity index (χ3v) is 10.4. The molecule has 0 N–H and O–H groups in total. The minimum atomic E-state index is -0.377. The van der Waals surface area contributed by atoms with E-state index in [1.165, 1.54) is 9.36 Å². The number of nitrogens with zero attached hydrogens (tertiary/aromatic N) is 4. The van der Waals surface area contributed by atoms with Crippen molar-refractivity contribution in [3.63, 3.8) is 0 Å². The number of ether oxygens (including phenoxy) is 2. The van der Waals surface area contributed by atoms with Gasteiger partial charge < -0.3 is 9.47 Å². The number of rotatable bonds is 12. The Morgan fingerprint density at radius 3 is 1.22 bits per heavy atom. The van der Waals surface area contributed by atoms with Crippen molar-refractivity contribution < 1.29 is 9.47 Å². The summed E-state index contributed by atoms with van der Waals surface area (Å²) in [6.07, 6.45) is 0. The van der Waals surface area contributed by atoms with Gasteiger partial charge in [0.15, 0.2) is 0 Å². The molecule has 0 saturated heterocycles. The number of benzene rings is 6. The second-order valence-corrected chi connectivity index (χ2v) is 15.1. The van der Waals surface area contributed by atoms with Crippen LogP contribution in [0.2, 0.25) is 20.1 Å². The van der Waals surface area contributed by atoms with E-state index in [9.17, 15) is 9.59 Å². The first-order valence-corrected chi connectivity index (χ1v) is 20.3. The molecule has 0 spiro atoms. The molecule has 0 atom stereocenters. The van der Waals surface area contributed by atoms with Crippen LogP contribution in [0.3, 0.4) is 0 Å². The van der Waals surface area contributed by atoms with Gasteiger partial charge in [0, 0.05) is 10.0 Å². The van der Waals surface area contributed by atoms with Crippen LogP contribution in [0.25, 0.3) is 22.3 Å². The molecule has 0 unspecified atom stereocenters. The predicted molar refractivity (Wildman–Crippen MR) is 241 cm³/mol. The molecule has 0 aliphatic carbocycles. The molecule has 0 aliphatic heterocycles. The van der Waals surface area contributed by atoms with Crippen LogP contribution in [0, 0.1) is 0 Å². The third kappa shape index (κ3) is 10.7. The Balaban J connectivity index is 0.000000181. The SMILES string of the molecule is O=c1c(-c2ccc(Cl)cc2)c(Cl)c(OCc2ccccc2)nn1Cc1ccccc1.O=c1c(Cl)c(-c2ccc(Cl)cc2)c(OCc2ccccc2)nn1Cc1ccccc1. The normalized spacial score (nSPS) is 10.7. The second kappa shape index (κ2) is 20.2. The van der Waals surface area contributed by atoms with E-state index in [2.05, 4.69) is 10.2 Å². The zero-order valence-corrected chi connectivity index (χ0v) is 35.0. The van der Waals surface area contributed by atoms with Crippen LogP contribution in [0.1, 0.15) is 22.3 Å². The minimum Gasteiger partial charge on any atom is -0.471 e. The second-order valence-electron chi connectivity index (χ2n) is 13.4. The third-order valence-electron chi connectivity index (χ3n) is 9.19. The van der Waals surface area contributed by atoms with Crippen molar-refractivity contribution in [1.29, 1.82) is 0 Å². The average molecular weight is 875 g/mol. The maximum absolute atomic E-state index is 13.2. The molecule has 2 aromatic heterocycles. The van der Waals surface area contributed by atoms with Gasteiger partial charge in [-0.3, -0.25) is 9.59 Å². The van der Waals surface area contributed by atoms with Crippen molar-refractivity contribution in [2.24, 2.45) is 0 Å². The summed E-state index contributed by atoms with van der Waals surface area (Å²) in [5.41, 5.74) is 5.34. The highest BCUT2D eigenvalue weighted by Crippen LogP contribution is 2.35. The average Bonchev–Trinajstić information content (AvgIpc) is 3.28. The van der Waals surface area contributed by atoms with E-state index < -0.39 is 0 Å². The smallest absolute Gasteiger partial charge is 0.286 e. The number of halogens is 4. The van der Waals surface area contributed by atoms with Gasteiger partial charge in [-0.1, -0.05) is 192 Å². The molecule has 6 aromatic carbocycles. The Morgan fingerprint density at radius 1 is 0.400 bits per heavy atom. The van der Waals surface area contributed by atoms with Crippen molar-refractivity contribution in [2.45, 2.75) is 26.3 Å². The summed E-state index contributed by atoms with van der Waals surface area (Å²) >= 11 is 25.2. The Bertz CT molecular complexity index is 2770. The fourth-order valence-corrected chi connectivity index (χ4v) is 6.98. The zero-order chi connectivity index (χ0) is 41.8. The monoisotopic (exact) mass is 872 g/mol. The van der Waals surface area contributed by atoms with Gasteiger partial charge in [0.1, 0.15) is 23.3 Å². The van der Waals surface area contributed by atoms with Crippen LogP contribution >= 0.6 is 46.4 Å². The molecule has 2 heterocycles. The molecule has 0 radical (unpaired) electrons. The summed E-state index contributed by atoms with van der Waals surface area (Å²) in [5.74, 6) is 0.503. The highest BCUT2D eigenvalue weighted by atomic mass is 35.5. The largest absolute Gasteiger partial charge is 0.471 e. The Kier molecular flexibility index (Phi) is 14.1. The number of hydrogen-bond donors (Lipinski definition) is 0. The van der Waals surface area contributed by atoms with Gasteiger partial charge in [0.05, 0.1) is 24.2 Å². The molecule has 300 valence electrons. The van der Waals surface area contributed by atoms with Crippen molar-refractivity contribution in [3.05, 3.63) is 233 Å². The van der Waals surface area contributed by atoms with Crippen LogP contribution in [0.4, 0.5) is 0 Å². The Hall–Kier alpha value is -6.16. The summed E-state index contributed by atoms with van der Waals surface area (Å²) in [4.78, 5) is 26.2. The van der Waals surface area contributed by atoms with Crippen LogP contribution in [0.5, 0.6) is 11.8 Å². The van der Waals surface area contributed by atoms with E-state index in [1.807, 2.05) is 121 Å². The molecule has 60 heavy (non-hydrogen) atoms. The van der Waals surface area contributed by atoms with Crippen molar-refractivity contribution in [3.8, 4) is 34.0 Å². The molecule has 8 rings (SSSR count). The van der Waals surface area contributed by atoms with Gasteiger partial charge in [-0.15, -0.1) is 10.2 Å². The fourth-order valence-electron chi connectivity index (χ4n) is 6.15. The van der Waals surface area contributed by atoms with E-state index >= 15 is 0 Å². The molecule has 8 nitrogen and oxygen atoms in total. The van der Waals surface area contributed by atoms with E-state index in [-0.39, 0.29) is 33.7 Å². The predicted octanol–water partition coefficient (Wildman–Crippen LogP) is 11.7. The number of hydrogen-bond acceptors (Lipinski definition) is 6. The number of aromatic nitrogens is 4. The lowest BCUT2D eigenvalue weighted by atomic mass is 10.1. The highest BCUT2D eigenvalue weighted by Gasteiger charge is 2.21. The first kappa shape index (κ1) is 42.0. The fraction of sp³-hybridized carbons (Fsp3) is 0.0833. The standard InChI is InChI=1S/2C24H18Cl2N2O2/c25-20-13-11-19(12-14-20)21-22(26)23(30-16-18-9-5-2-6-10-18)27-28(24(21)29)15-17-7-3-1-4-8-17;25-20-13-11-19(12-14-20)21-22(26)24(29)28(15-17-7-3-1-4-8-17)27-23(21)30-16-18-9-5-2-6-10-18/h2*1-14H,15-16H2. The minimum absolute atomic E-state index is 0.0614. The van der Waals surface area contributed by atoms with Crippen LogP contribution < -0.4 is 20.6 Å². The van der Waals surface area contributed by atoms with E-state index in [0.29, 0.717) is 57.9 Å². The summed E-state index contributed by atoms with van der Waals surface area (Å²) in [6.45, 7) is 1.19. The van der Waals surface area contributed by atoms with E-state index in [0.717, 1.165) is 22.3 Å². The quantitative estimate of drug-likeness (QED) is 0.121. The lowest BCUT2D eigenvalue weighted by molar-refractivity contribution is 0.284. The van der Waals surface area contributed by atoms with Crippen LogP contribution in [-0.4, -0.2) is 19.6 Å². The maximum Gasteiger partial charge on any atom is 0.286 e. The van der Waals surface area contributed by atoms with Gasteiger partial charge in [-0.2, -0.15) is 0 Å². The maximum atomic E-state index is 13.2. The van der Waals surface area contributed by atoms with E-state index in [1.54, 1.807) is 48.5 Å². The zero-order valence-electron chi connectivity index (χ0n) is 31.9.